The molecule has 17 heavy (non-hydrogen) atoms. The van der Waals surface area contributed by atoms with E-state index in [0.29, 0.717) is 5.13 Å². The molecule has 0 amide bonds. The second-order valence-electron chi connectivity index (χ2n) is 4.30. The first-order valence-electron chi connectivity index (χ1n) is 5.64. The fraction of sp³-hybridized carbons (Fsp3) is 0.455. The molecular formula is C11H14N4S2. The SMILES string of the molecule is Nc1nnc(CN(Cc2ccsc2)C2CC2)s1. The molecule has 0 radical (unpaired) electrons. The molecule has 0 spiro atoms. The summed E-state index contributed by atoms with van der Waals surface area (Å²) in [7, 11) is 0. The van der Waals surface area contributed by atoms with Crippen LogP contribution in [-0.4, -0.2) is 21.1 Å². The molecule has 2 heterocycles. The summed E-state index contributed by atoms with van der Waals surface area (Å²) in [5.74, 6) is 0. The van der Waals surface area contributed by atoms with Gasteiger partial charge in [0.2, 0.25) is 5.13 Å². The van der Waals surface area contributed by atoms with Gasteiger partial charge in [0.15, 0.2) is 0 Å². The maximum Gasteiger partial charge on any atom is 0.203 e. The maximum atomic E-state index is 5.61. The lowest BCUT2D eigenvalue weighted by molar-refractivity contribution is 0.245. The van der Waals surface area contributed by atoms with Gasteiger partial charge in [-0.15, -0.1) is 10.2 Å². The van der Waals surface area contributed by atoms with E-state index < -0.39 is 0 Å². The van der Waals surface area contributed by atoms with Crippen molar-refractivity contribution >= 4 is 27.8 Å². The summed E-state index contributed by atoms with van der Waals surface area (Å²) in [6.45, 7) is 1.88. The van der Waals surface area contributed by atoms with Gasteiger partial charge in [0.1, 0.15) is 5.01 Å². The normalized spacial score (nSPS) is 15.6. The first kappa shape index (κ1) is 11.1. The van der Waals surface area contributed by atoms with Gasteiger partial charge < -0.3 is 5.73 Å². The third kappa shape index (κ3) is 2.83. The van der Waals surface area contributed by atoms with Crippen molar-refractivity contribution in [3.05, 3.63) is 27.4 Å². The van der Waals surface area contributed by atoms with Gasteiger partial charge in [-0.3, -0.25) is 4.90 Å². The molecule has 3 rings (SSSR count). The molecule has 2 aromatic heterocycles. The number of nitrogens with two attached hydrogens (primary N) is 1. The minimum atomic E-state index is 0.561. The molecule has 0 saturated heterocycles. The van der Waals surface area contributed by atoms with Crippen LogP contribution < -0.4 is 5.73 Å². The highest BCUT2D eigenvalue weighted by Gasteiger charge is 2.29. The van der Waals surface area contributed by atoms with Gasteiger partial charge in [0, 0.05) is 12.6 Å². The van der Waals surface area contributed by atoms with E-state index in [-0.39, 0.29) is 0 Å². The number of aromatic nitrogens is 2. The number of thiophene rings is 1. The predicted molar refractivity (Wildman–Crippen MR) is 70.9 cm³/mol. The van der Waals surface area contributed by atoms with E-state index in [4.69, 9.17) is 5.73 Å². The molecule has 1 aliphatic carbocycles. The summed E-state index contributed by atoms with van der Waals surface area (Å²) >= 11 is 3.24. The van der Waals surface area contributed by atoms with Crippen molar-refractivity contribution in [1.29, 1.82) is 0 Å². The zero-order chi connectivity index (χ0) is 11.7. The summed E-state index contributed by atoms with van der Waals surface area (Å²) < 4.78 is 0. The van der Waals surface area contributed by atoms with Crippen molar-refractivity contribution < 1.29 is 0 Å². The van der Waals surface area contributed by atoms with Crippen molar-refractivity contribution in [1.82, 2.24) is 15.1 Å². The fourth-order valence-corrected chi connectivity index (χ4v) is 3.17. The Morgan fingerprint density at radius 2 is 2.24 bits per heavy atom. The summed E-state index contributed by atoms with van der Waals surface area (Å²) in [5.41, 5.74) is 7.00. The van der Waals surface area contributed by atoms with Crippen molar-refractivity contribution in [2.75, 3.05) is 5.73 Å². The molecule has 0 aliphatic heterocycles. The second kappa shape index (κ2) is 4.72. The monoisotopic (exact) mass is 266 g/mol. The average Bonchev–Trinajstić information content (AvgIpc) is 2.89. The van der Waals surface area contributed by atoms with Crippen LogP contribution in [0.15, 0.2) is 16.8 Å². The van der Waals surface area contributed by atoms with Gasteiger partial charge in [-0.1, -0.05) is 11.3 Å². The van der Waals surface area contributed by atoms with E-state index in [1.54, 1.807) is 11.3 Å². The van der Waals surface area contributed by atoms with Crippen LogP contribution in [0.1, 0.15) is 23.4 Å². The number of nitrogens with zero attached hydrogens (tertiary/aromatic N) is 3. The molecule has 0 bridgehead atoms. The Labute approximate surface area is 108 Å². The topological polar surface area (TPSA) is 55.0 Å². The van der Waals surface area contributed by atoms with Crippen molar-refractivity contribution in [3.63, 3.8) is 0 Å². The van der Waals surface area contributed by atoms with Gasteiger partial charge in [-0.25, -0.2) is 0 Å². The van der Waals surface area contributed by atoms with Crippen LogP contribution in [0.3, 0.4) is 0 Å². The summed E-state index contributed by atoms with van der Waals surface area (Å²) in [6.07, 6.45) is 2.61. The minimum Gasteiger partial charge on any atom is -0.374 e. The highest BCUT2D eigenvalue weighted by atomic mass is 32.1. The molecule has 90 valence electrons. The number of anilines is 1. The smallest absolute Gasteiger partial charge is 0.203 e. The minimum absolute atomic E-state index is 0.561. The Morgan fingerprint density at radius 3 is 2.82 bits per heavy atom. The Balaban J connectivity index is 1.68. The summed E-state index contributed by atoms with van der Waals surface area (Å²) in [4.78, 5) is 2.47. The Morgan fingerprint density at radius 1 is 1.35 bits per heavy atom. The molecule has 1 fully saturated rings. The lowest BCUT2D eigenvalue weighted by Crippen LogP contribution is -2.24. The lowest BCUT2D eigenvalue weighted by Gasteiger charge is -2.19. The van der Waals surface area contributed by atoms with E-state index >= 15 is 0 Å². The third-order valence-corrected chi connectivity index (χ3v) is 4.32. The quantitative estimate of drug-likeness (QED) is 0.902. The van der Waals surface area contributed by atoms with Gasteiger partial charge in [0.05, 0.1) is 6.54 Å². The van der Waals surface area contributed by atoms with Gasteiger partial charge in [-0.05, 0) is 35.2 Å². The second-order valence-corrected chi connectivity index (χ2v) is 6.18. The number of hydrogen-bond donors (Lipinski definition) is 1. The van der Waals surface area contributed by atoms with E-state index in [9.17, 15) is 0 Å². The highest BCUT2D eigenvalue weighted by Crippen LogP contribution is 2.30. The van der Waals surface area contributed by atoms with Gasteiger partial charge in [0.25, 0.3) is 0 Å². The Hall–Kier alpha value is -0.980. The fourth-order valence-electron chi connectivity index (χ4n) is 1.88. The van der Waals surface area contributed by atoms with Crippen molar-refractivity contribution in [3.8, 4) is 0 Å². The van der Waals surface area contributed by atoms with Crippen LogP contribution in [0.4, 0.5) is 5.13 Å². The third-order valence-electron chi connectivity index (χ3n) is 2.85. The Kier molecular flexibility index (Phi) is 3.09. The molecule has 2 aromatic rings. The van der Waals surface area contributed by atoms with Crippen molar-refractivity contribution in [2.24, 2.45) is 0 Å². The maximum absolute atomic E-state index is 5.61. The van der Waals surface area contributed by atoms with Crippen LogP contribution in [0, 0.1) is 0 Å². The molecule has 0 unspecified atom stereocenters. The van der Waals surface area contributed by atoms with Crippen LogP contribution in [0.2, 0.25) is 0 Å². The first-order chi connectivity index (χ1) is 8.31. The Bertz CT molecular complexity index is 475. The summed E-state index contributed by atoms with van der Waals surface area (Å²) in [6, 6.07) is 2.91. The first-order valence-corrected chi connectivity index (χ1v) is 7.40. The van der Waals surface area contributed by atoms with E-state index in [1.807, 2.05) is 0 Å². The zero-order valence-corrected chi connectivity index (χ0v) is 11.0. The van der Waals surface area contributed by atoms with E-state index in [1.165, 1.54) is 29.7 Å². The molecule has 0 aromatic carbocycles. The van der Waals surface area contributed by atoms with Gasteiger partial charge >= 0.3 is 0 Å². The van der Waals surface area contributed by atoms with Crippen LogP contribution >= 0.6 is 22.7 Å². The van der Waals surface area contributed by atoms with E-state index in [0.717, 1.165) is 24.1 Å². The molecule has 6 heteroatoms. The number of rotatable bonds is 5. The van der Waals surface area contributed by atoms with Crippen LogP contribution in [-0.2, 0) is 13.1 Å². The molecular weight excluding hydrogens is 252 g/mol. The number of nitrogen functional groups attached to an aromatic ring is 1. The van der Waals surface area contributed by atoms with Gasteiger partial charge in [-0.2, -0.15) is 11.3 Å². The number of hydrogen-bond acceptors (Lipinski definition) is 6. The molecule has 1 aliphatic rings. The van der Waals surface area contributed by atoms with Crippen LogP contribution in [0.25, 0.3) is 0 Å². The average molecular weight is 266 g/mol. The standard InChI is InChI=1S/C11H14N4S2/c12-11-14-13-10(17-11)6-15(9-1-2-9)5-8-3-4-16-7-8/h3-4,7,9H,1-2,5-6H2,(H2,12,14). The van der Waals surface area contributed by atoms with Crippen molar-refractivity contribution in [2.45, 2.75) is 32.0 Å². The molecule has 1 saturated carbocycles. The predicted octanol–water partition coefficient (Wildman–Crippen LogP) is 2.35. The molecule has 2 N–H and O–H groups in total. The highest BCUT2D eigenvalue weighted by molar-refractivity contribution is 7.15. The zero-order valence-electron chi connectivity index (χ0n) is 9.37. The lowest BCUT2D eigenvalue weighted by atomic mass is 10.3. The molecule has 0 atom stereocenters. The largest absolute Gasteiger partial charge is 0.374 e. The van der Waals surface area contributed by atoms with Crippen LogP contribution in [0.5, 0.6) is 0 Å². The van der Waals surface area contributed by atoms with E-state index in [2.05, 4.69) is 31.9 Å². The summed E-state index contributed by atoms with van der Waals surface area (Å²) in [5, 5.41) is 13.9. The molecule has 4 nitrogen and oxygen atoms in total.